The zero-order chi connectivity index (χ0) is 19.1. The molecular weight excluding hydrogens is 368 g/mol. The van der Waals surface area contributed by atoms with E-state index in [1.165, 1.54) is 17.4 Å². The molecule has 4 aromatic rings. The number of benzene rings is 2. The van der Waals surface area contributed by atoms with E-state index in [-0.39, 0.29) is 11.7 Å². The van der Waals surface area contributed by atoms with Crippen LogP contribution >= 0.6 is 11.3 Å². The molecule has 0 saturated carbocycles. The number of nitrogens with zero attached hydrogens (tertiary/aromatic N) is 2. The number of rotatable bonds is 4. The van der Waals surface area contributed by atoms with E-state index < -0.39 is 11.6 Å². The predicted octanol–water partition coefficient (Wildman–Crippen LogP) is 4.90. The third kappa shape index (κ3) is 3.19. The largest absolute Gasteiger partial charge is 0.326 e. The van der Waals surface area contributed by atoms with Crippen LogP contribution in [0.1, 0.15) is 31.1 Å². The molecule has 7 heteroatoms. The smallest absolute Gasteiger partial charge is 0.305 e. The fraction of sp³-hybridized carbons (Fsp3) is 0.200. The van der Waals surface area contributed by atoms with Crippen molar-refractivity contribution >= 4 is 22.4 Å². The number of hydrogen-bond donors (Lipinski definition) is 1. The molecule has 0 aliphatic carbocycles. The van der Waals surface area contributed by atoms with Gasteiger partial charge in [0.25, 0.3) is 0 Å². The molecule has 138 valence electrons. The monoisotopic (exact) mass is 385 g/mol. The highest BCUT2D eigenvalue weighted by atomic mass is 32.1. The van der Waals surface area contributed by atoms with E-state index in [0.29, 0.717) is 12.0 Å². The fourth-order valence-electron chi connectivity index (χ4n) is 3.21. The van der Waals surface area contributed by atoms with E-state index >= 15 is 0 Å². The molecule has 4 nitrogen and oxygen atoms in total. The van der Waals surface area contributed by atoms with Crippen molar-refractivity contribution in [2.45, 2.75) is 26.3 Å². The van der Waals surface area contributed by atoms with Crippen molar-refractivity contribution in [3.8, 4) is 10.6 Å². The van der Waals surface area contributed by atoms with Crippen LogP contribution in [0.5, 0.6) is 0 Å². The minimum absolute atomic E-state index is 0.0433. The maximum atomic E-state index is 13.4. The average Bonchev–Trinajstić information content (AvgIpc) is 3.21. The number of imidazole rings is 1. The molecule has 0 saturated heterocycles. The van der Waals surface area contributed by atoms with Crippen LogP contribution in [-0.4, -0.2) is 14.5 Å². The molecule has 0 fully saturated rings. The topological polar surface area (TPSA) is 50.7 Å². The van der Waals surface area contributed by atoms with Crippen LogP contribution in [0, 0.1) is 11.6 Å². The van der Waals surface area contributed by atoms with Gasteiger partial charge in [-0.2, -0.15) is 0 Å². The summed E-state index contributed by atoms with van der Waals surface area (Å²) in [5, 5.41) is 2.67. The quantitative estimate of drug-likeness (QED) is 0.543. The summed E-state index contributed by atoms with van der Waals surface area (Å²) in [5.41, 5.74) is 3.72. The highest BCUT2D eigenvalue weighted by Crippen LogP contribution is 2.30. The van der Waals surface area contributed by atoms with Crippen molar-refractivity contribution in [2.75, 3.05) is 0 Å². The second-order valence-electron chi connectivity index (χ2n) is 6.66. The van der Waals surface area contributed by atoms with Crippen molar-refractivity contribution in [3.05, 3.63) is 75.2 Å². The number of thiazole rings is 1. The van der Waals surface area contributed by atoms with Crippen molar-refractivity contribution in [3.63, 3.8) is 0 Å². The van der Waals surface area contributed by atoms with E-state index in [2.05, 4.69) is 9.97 Å². The number of hydrogen-bond acceptors (Lipinski definition) is 3. The predicted molar refractivity (Wildman–Crippen MR) is 103 cm³/mol. The molecule has 27 heavy (non-hydrogen) atoms. The minimum Gasteiger partial charge on any atom is -0.305 e. The van der Waals surface area contributed by atoms with Gasteiger partial charge in [-0.15, -0.1) is 11.3 Å². The molecule has 2 aromatic carbocycles. The normalized spacial score (nSPS) is 11.6. The Balaban J connectivity index is 1.72. The maximum Gasteiger partial charge on any atom is 0.326 e. The number of aromatic nitrogens is 3. The molecule has 0 aliphatic rings. The summed E-state index contributed by atoms with van der Waals surface area (Å²) < 4.78 is 28.2. The van der Waals surface area contributed by atoms with E-state index in [9.17, 15) is 13.6 Å². The van der Waals surface area contributed by atoms with Gasteiger partial charge < -0.3 is 4.98 Å². The highest BCUT2D eigenvalue weighted by molar-refractivity contribution is 7.13. The number of halogens is 2. The summed E-state index contributed by atoms with van der Waals surface area (Å²) in [6.07, 6.45) is 0.410. The van der Waals surface area contributed by atoms with Gasteiger partial charge in [-0.3, -0.25) is 4.57 Å². The standard InChI is InChI=1S/C20H17F2N3OS/c1-11(2)25-17-5-3-4-14(18(17)24-20(25)26)19-23-13(10-27-19)8-12-6-7-15(21)16(22)9-12/h3-7,9-11H,8H2,1-2H3,(H,24,26). The second kappa shape index (κ2) is 6.74. The highest BCUT2D eigenvalue weighted by Gasteiger charge is 2.15. The van der Waals surface area contributed by atoms with Crippen LogP contribution in [0.3, 0.4) is 0 Å². The Bertz CT molecular complexity index is 1190. The van der Waals surface area contributed by atoms with Crippen LogP contribution < -0.4 is 5.69 Å². The van der Waals surface area contributed by atoms with Gasteiger partial charge >= 0.3 is 5.69 Å². The Morgan fingerprint density at radius 2 is 2.00 bits per heavy atom. The molecule has 0 unspecified atom stereocenters. The molecule has 0 bridgehead atoms. The minimum atomic E-state index is -0.861. The average molecular weight is 385 g/mol. The third-order valence-electron chi connectivity index (χ3n) is 4.42. The Morgan fingerprint density at radius 3 is 2.74 bits per heavy atom. The van der Waals surface area contributed by atoms with Crippen molar-refractivity contribution < 1.29 is 8.78 Å². The fourth-order valence-corrected chi connectivity index (χ4v) is 4.06. The van der Waals surface area contributed by atoms with Crippen LogP contribution in [0.25, 0.3) is 21.6 Å². The summed E-state index contributed by atoms with van der Waals surface area (Å²) >= 11 is 1.46. The van der Waals surface area contributed by atoms with E-state index in [1.54, 1.807) is 10.6 Å². The second-order valence-corrected chi connectivity index (χ2v) is 7.52. The number of para-hydroxylation sites is 1. The molecule has 1 N–H and O–H groups in total. The van der Waals surface area contributed by atoms with Gasteiger partial charge in [0.2, 0.25) is 0 Å². The van der Waals surface area contributed by atoms with Crippen molar-refractivity contribution in [2.24, 2.45) is 0 Å². The molecule has 0 amide bonds. The molecule has 4 rings (SSSR count). The van der Waals surface area contributed by atoms with Crippen molar-refractivity contribution in [1.82, 2.24) is 14.5 Å². The van der Waals surface area contributed by atoms with Crippen LogP contribution in [0.15, 0.2) is 46.6 Å². The lowest BCUT2D eigenvalue weighted by molar-refractivity contribution is 0.507. The van der Waals surface area contributed by atoms with Gasteiger partial charge in [0.05, 0.1) is 16.7 Å². The van der Waals surface area contributed by atoms with Gasteiger partial charge in [0.15, 0.2) is 11.6 Å². The summed E-state index contributed by atoms with van der Waals surface area (Å²) in [4.78, 5) is 19.9. The number of aromatic amines is 1. The van der Waals surface area contributed by atoms with Gasteiger partial charge in [0, 0.05) is 23.4 Å². The van der Waals surface area contributed by atoms with E-state index in [0.717, 1.165) is 33.4 Å². The number of nitrogens with one attached hydrogen (secondary N) is 1. The first-order valence-electron chi connectivity index (χ1n) is 8.56. The zero-order valence-corrected chi connectivity index (χ0v) is 15.6. The first-order valence-corrected chi connectivity index (χ1v) is 9.44. The van der Waals surface area contributed by atoms with Gasteiger partial charge in [-0.05, 0) is 43.7 Å². The van der Waals surface area contributed by atoms with Crippen LogP contribution in [0.2, 0.25) is 0 Å². The Labute approximate surface area is 158 Å². The number of fused-ring (bicyclic) bond motifs is 1. The molecule has 2 heterocycles. The molecule has 0 atom stereocenters. The first-order chi connectivity index (χ1) is 12.9. The molecule has 0 radical (unpaired) electrons. The van der Waals surface area contributed by atoms with Crippen molar-refractivity contribution in [1.29, 1.82) is 0 Å². The lowest BCUT2D eigenvalue weighted by Crippen LogP contribution is -2.18. The lowest BCUT2D eigenvalue weighted by atomic mass is 10.1. The Kier molecular flexibility index (Phi) is 4.39. The van der Waals surface area contributed by atoms with Gasteiger partial charge in [-0.1, -0.05) is 12.1 Å². The molecule has 2 aromatic heterocycles. The Hall–Kier alpha value is -2.80. The SMILES string of the molecule is CC(C)n1c(=O)[nH]c2c(-c3nc(Cc4ccc(F)c(F)c4)cs3)cccc21. The summed E-state index contributed by atoms with van der Waals surface area (Å²) in [6.45, 7) is 3.93. The summed E-state index contributed by atoms with van der Waals surface area (Å²) in [7, 11) is 0. The van der Waals surface area contributed by atoms with E-state index in [4.69, 9.17) is 0 Å². The van der Waals surface area contributed by atoms with Crippen LogP contribution in [0.4, 0.5) is 8.78 Å². The van der Waals surface area contributed by atoms with Gasteiger partial charge in [-0.25, -0.2) is 18.6 Å². The maximum absolute atomic E-state index is 13.4. The summed E-state index contributed by atoms with van der Waals surface area (Å²) in [6, 6.07) is 9.64. The van der Waals surface area contributed by atoms with Crippen LogP contribution in [-0.2, 0) is 6.42 Å². The molecule has 0 aliphatic heterocycles. The zero-order valence-electron chi connectivity index (χ0n) is 14.8. The van der Waals surface area contributed by atoms with E-state index in [1.807, 2.05) is 37.4 Å². The van der Waals surface area contributed by atoms with Gasteiger partial charge in [0.1, 0.15) is 5.01 Å². The number of H-pyrrole nitrogens is 1. The molecule has 0 spiro atoms. The Morgan fingerprint density at radius 1 is 1.19 bits per heavy atom. The summed E-state index contributed by atoms with van der Waals surface area (Å²) in [5.74, 6) is -1.72. The first kappa shape index (κ1) is 17.6. The lowest BCUT2D eigenvalue weighted by Gasteiger charge is -2.07. The third-order valence-corrected chi connectivity index (χ3v) is 5.34. The molecular formula is C20H17F2N3OS.